The summed E-state index contributed by atoms with van der Waals surface area (Å²) < 4.78 is 39.6. The van der Waals surface area contributed by atoms with Crippen LogP contribution in [0.15, 0.2) is 164 Å². The highest BCUT2D eigenvalue weighted by atomic mass is 28.4. The Balaban J connectivity index is 1.15. The molecular formula is C85H108N6O18Si2. The standard InChI is InChI=1S/C85H108N6O18Si2/c1-55(2)16-13-41-86-80(95)107-71-49-74(83(98,65-29-17-56(3)18-30-65)66-31-19-57(4)20-32-66)89(52-71)77(92)62-46-63(78(93)90-53-72(108-81(96)87-42-14-44-110(101,103-9)104-10)50-75(90)84(99,67-33-21-58(5)22-34-67)68-35-23-59(6)24-36-68)48-64(47-62)79(94)91-54-73(109-82(97)88-43-15-45-111(102,105-11)106-12)51-76(91)85(100,69-37-25-60(7)26-38-69)70-39-27-61(8)28-40-70/h17-40,46-48,55,71-76,98-102H,13-16,41-45,49-54H2,1-12H3,(H,86,95)(H,87,96)(H,88,97)/t71-,72-,73-,74+,75+,76+/m1/s1. The van der Waals surface area contributed by atoms with E-state index in [4.69, 9.17) is 31.9 Å². The van der Waals surface area contributed by atoms with E-state index in [-0.39, 0.29) is 93.6 Å². The third kappa shape index (κ3) is 19.7. The molecule has 0 aromatic heterocycles. The number of likely N-dealkylation sites (tertiary alicyclic amines) is 3. The number of aliphatic hydroxyl groups is 3. The molecule has 0 aliphatic carbocycles. The molecule has 3 fully saturated rings. The van der Waals surface area contributed by atoms with Crippen molar-refractivity contribution in [3.63, 3.8) is 0 Å². The molecule has 26 heteroatoms. The second kappa shape index (κ2) is 36.5. The van der Waals surface area contributed by atoms with Crippen LogP contribution in [-0.2, 0) is 48.7 Å². The molecule has 3 aliphatic heterocycles. The molecule has 3 saturated heterocycles. The van der Waals surface area contributed by atoms with E-state index in [0.29, 0.717) is 52.3 Å². The summed E-state index contributed by atoms with van der Waals surface area (Å²) in [5, 5.41) is 50.3. The van der Waals surface area contributed by atoms with E-state index in [1.807, 2.05) is 114 Å². The highest BCUT2D eigenvalue weighted by molar-refractivity contribution is 6.59. The van der Waals surface area contributed by atoms with Crippen molar-refractivity contribution in [3.05, 3.63) is 247 Å². The van der Waals surface area contributed by atoms with Gasteiger partial charge in [-0.1, -0.05) is 193 Å². The number of alkyl carbamates (subject to hydrolysis) is 3. The Hall–Kier alpha value is -9.17. The van der Waals surface area contributed by atoms with Gasteiger partial charge in [0.05, 0.1) is 37.8 Å². The monoisotopic (exact) mass is 1560 g/mol. The number of hydrogen-bond donors (Lipinski definition) is 8. The molecule has 0 saturated carbocycles. The lowest BCUT2D eigenvalue weighted by molar-refractivity contribution is -0.00188. The number of hydrogen-bond acceptors (Lipinski definition) is 18. The highest BCUT2D eigenvalue weighted by Gasteiger charge is 2.55. The van der Waals surface area contributed by atoms with Crippen molar-refractivity contribution >= 4 is 53.6 Å². The molecule has 0 spiro atoms. The Morgan fingerprint density at radius 3 is 0.811 bits per heavy atom. The maximum atomic E-state index is 16.8. The summed E-state index contributed by atoms with van der Waals surface area (Å²) in [5.74, 6) is -2.05. The maximum Gasteiger partial charge on any atom is 0.497 e. The summed E-state index contributed by atoms with van der Waals surface area (Å²) in [6.07, 6.45) is -4.04. The quantitative estimate of drug-likeness (QED) is 0.0114. The van der Waals surface area contributed by atoms with Crippen LogP contribution in [0.3, 0.4) is 0 Å². The Morgan fingerprint density at radius 2 is 0.604 bits per heavy atom. The fourth-order valence-electron chi connectivity index (χ4n) is 15.4. The minimum absolute atomic E-state index is 0.0426. The summed E-state index contributed by atoms with van der Waals surface area (Å²) >= 11 is 0. The van der Waals surface area contributed by atoms with Gasteiger partial charge < -0.3 is 87.5 Å². The molecule has 0 unspecified atom stereocenters. The van der Waals surface area contributed by atoms with Crippen LogP contribution in [0.1, 0.15) is 157 Å². The maximum absolute atomic E-state index is 16.8. The highest BCUT2D eigenvalue weighted by Crippen LogP contribution is 2.47. The summed E-state index contributed by atoms with van der Waals surface area (Å²) in [6.45, 7) is 15.1. The lowest BCUT2D eigenvalue weighted by atomic mass is 9.78. The van der Waals surface area contributed by atoms with Gasteiger partial charge in [-0.3, -0.25) is 14.4 Å². The molecule has 594 valence electrons. The van der Waals surface area contributed by atoms with E-state index < -0.39 is 107 Å². The van der Waals surface area contributed by atoms with Gasteiger partial charge >= 0.3 is 35.9 Å². The number of carbonyl (C=O) groups is 6. The van der Waals surface area contributed by atoms with Crippen molar-refractivity contribution in [2.75, 3.05) is 67.7 Å². The van der Waals surface area contributed by atoms with Gasteiger partial charge in [-0.25, -0.2) is 14.4 Å². The Bertz CT molecular complexity index is 4000. The van der Waals surface area contributed by atoms with Gasteiger partial charge in [-0.05, 0) is 125 Å². The first kappa shape index (κ1) is 84.3. The van der Waals surface area contributed by atoms with Crippen molar-refractivity contribution in [1.29, 1.82) is 0 Å². The number of nitrogens with one attached hydrogen (secondary N) is 3. The third-order valence-electron chi connectivity index (χ3n) is 21.8. The van der Waals surface area contributed by atoms with Gasteiger partial charge in [-0.2, -0.15) is 0 Å². The van der Waals surface area contributed by atoms with Crippen LogP contribution in [0.5, 0.6) is 0 Å². The molecule has 24 nitrogen and oxygen atoms in total. The van der Waals surface area contributed by atoms with Crippen LogP contribution in [0.4, 0.5) is 14.4 Å². The van der Waals surface area contributed by atoms with Crippen molar-refractivity contribution in [2.45, 2.75) is 166 Å². The van der Waals surface area contributed by atoms with Crippen LogP contribution in [-0.4, -0.2) is 197 Å². The molecule has 6 amide bonds. The second-order valence-corrected chi connectivity index (χ2v) is 35.8. The van der Waals surface area contributed by atoms with Gasteiger partial charge in [0.1, 0.15) is 35.1 Å². The largest absolute Gasteiger partial charge is 0.497 e. The van der Waals surface area contributed by atoms with Gasteiger partial charge in [0.15, 0.2) is 0 Å². The minimum atomic E-state index is -3.51. The summed E-state index contributed by atoms with van der Waals surface area (Å²) in [6, 6.07) is 43.9. The molecule has 111 heavy (non-hydrogen) atoms. The number of carbonyl (C=O) groups excluding carboxylic acids is 6. The van der Waals surface area contributed by atoms with E-state index in [1.165, 1.54) is 61.3 Å². The molecule has 3 heterocycles. The fourth-order valence-corrected chi connectivity index (χ4v) is 17.8. The van der Waals surface area contributed by atoms with Crippen molar-refractivity contribution in [3.8, 4) is 0 Å². The summed E-state index contributed by atoms with van der Waals surface area (Å²) in [5.41, 5.74) is 0.822. The SMILES string of the molecule is CO[Si](O)(CCCNC(=O)O[C@@H]1C[C@@H](C(O)(c2ccc(C)cc2)c2ccc(C)cc2)N(C(=O)c2cc(C(=O)N3C[C@H](OC(=O)NCCCC(C)C)C[C@H]3C(O)(c3ccc(C)cc3)c3ccc(C)cc3)cc(C(=O)N3C[C@H](OC(=O)NCCC[Si](O)(OC)OC)C[C@H]3C(O)(c3ccc(C)cc3)c3ccc(C)cc3)c2)C1)OC. The minimum Gasteiger partial charge on any atom is -0.444 e. The van der Waals surface area contributed by atoms with Crippen LogP contribution in [0.25, 0.3) is 0 Å². The summed E-state index contributed by atoms with van der Waals surface area (Å²) in [7, 11) is -1.65. The molecule has 0 bridgehead atoms. The topological polar surface area (TPSA) is 314 Å². The van der Waals surface area contributed by atoms with E-state index in [9.17, 15) is 39.3 Å². The van der Waals surface area contributed by atoms with Gasteiger partial charge in [-0.15, -0.1) is 0 Å². The van der Waals surface area contributed by atoms with E-state index in [2.05, 4.69) is 29.8 Å². The molecule has 6 atom stereocenters. The average Bonchev–Trinajstić information content (AvgIpc) is 1.71. The summed E-state index contributed by atoms with van der Waals surface area (Å²) in [4.78, 5) is 118. The molecule has 8 N–H and O–H groups in total. The third-order valence-corrected chi connectivity index (χ3v) is 26.4. The van der Waals surface area contributed by atoms with Crippen LogP contribution >= 0.6 is 0 Å². The van der Waals surface area contributed by atoms with Gasteiger partial charge in [0.25, 0.3) is 17.7 Å². The van der Waals surface area contributed by atoms with Crippen molar-refractivity contribution in [2.24, 2.45) is 5.92 Å². The normalized spacial score (nSPS) is 18.3. The Morgan fingerprint density at radius 1 is 0.387 bits per heavy atom. The predicted octanol–water partition coefficient (Wildman–Crippen LogP) is 10.9. The zero-order valence-electron chi connectivity index (χ0n) is 65.6. The molecule has 7 aromatic rings. The number of rotatable bonds is 31. The molecule has 10 rings (SSSR count). The Labute approximate surface area is 653 Å². The number of benzene rings is 7. The number of amides is 6. The van der Waals surface area contributed by atoms with E-state index in [1.54, 1.807) is 72.8 Å². The van der Waals surface area contributed by atoms with Crippen LogP contribution in [0, 0.1) is 47.5 Å². The number of nitrogens with zero attached hydrogens (tertiary/aromatic N) is 3. The second-order valence-electron chi connectivity index (χ2n) is 30.3. The van der Waals surface area contributed by atoms with Gasteiger partial charge in [0.2, 0.25) is 0 Å². The molecule has 7 aromatic carbocycles. The number of aryl methyl sites for hydroxylation is 6. The first-order chi connectivity index (χ1) is 52.9. The lowest BCUT2D eigenvalue weighted by Crippen LogP contribution is -2.51. The number of ether oxygens (including phenoxy) is 3. The fraction of sp³-hybridized carbons (Fsp3) is 0.435. The Kier molecular flexibility index (Phi) is 27.7. The van der Waals surface area contributed by atoms with Crippen molar-refractivity contribution in [1.82, 2.24) is 30.7 Å². The average molecular weight is 1560 g/mol. The molecule has 0 radical (unpaired) electrons. The smallest absolute Gasteiger partial charge is 0.444 e. The molecular weight excluding hydrogens is 1450 g/mol. The lowest BCUT2D eigenvalue weighted by Gasteiger charge is -2.41. The van der Waals surface area contributed by atoms with E-state index in [0.717, 1.165) is 39.8 Å². The van der Waals surface area contributed by atoms with Crippen molar-refractivity contribution < 1.29 is 85.6 Å². The predicted molar refractivity (Wildman–Crippen MR) is 423 cm³/mol. The first-order valence-electron chi connectivity index (χ1n) is 38.0. The molecule has 3 aliphatic rings. The van der Waals surface area contributed by atoms with Crippen LogP contribution < -0.4 is 16.0 Å². The van der Waals surface area contributed by atoms with E-state index >= 15 is 14.4 Å². The van der Waals surface area contributed by atoms with Crippen LogP contribution in [0.2, 0.25) is 12.1 Å². The van der Waals surface area contributed by atoms with Gasteiger partial charge in [0, 0.05) is 96.1 Å². The first-order valence-corrected chi connectivity index (χ1v) is 42.0. The zero-order valence-corrected chi connectivity index (χ0v) is 67.6. The zero-order chi connectivity index (χ0) is 80.2.